The minimum Gasteiger partial charge on any atom is -0.480 e. The van der Waals surface area contributed by atoms with Crippen LogP contribution in [-0.2, 0) is 17.6 Å². The number of nitrogens with one attached hydrogen (secondary N) is 1. The van der Waals surface area contributed by atoms with E-state index in [2.05, 4.69) is 0 Å². The molecule has 0 saturated heterocycles. The highest BCUT2D eigenvalue weighted by Crippen LogP contribution is 2.30. The second-order valence-corrected chi connectivity index (χ2v) is 6.09. The SMILES string of the molecule is O=C(NC(CC(F)(F)F)C(=O)O)c1cc2c(s1)CCCC2. The molecule has 0 aliphatic heterocycles. The Morgan fingerprint density at radius 2 is 2.00 bits per heavy atom. The highest BCUT2D eigenvalue weighted by Gasteiger charge is 2.36. The highest BCUT2D eigenvalue weighted by molar-refractivity contribution is 7.14. The van der Waals surface area contributed by atoms with Crippen LogP contribution in [0.4, 0.5) is 13.2 Å². The molecule has 1 aliphatic carbocycles. The van der Waals surface area contributed by atoms with Crippen molar-refractivity contribution in [1.29, 1.82) is 0 Å². The van der Waals surface area contributed by atoms with Gasteiger partial charge in [0.2, 0.25) is 0 Å². The van der Waals surface area contributed by atoms with Crippen LogP contribution in [0.2, 0.25) is 0 Å². The van der Waals surface area contributed by atoms with Gasteiger partial charge in [0.1, 0.15) is 6.04 Å². The number of thiophene rings is 1. The number of hydrogen-bond donors (Lipinski definition) is 2. The summed E-state index contributed by atoms with van der Waals surface area (Å²) in [6, 6.07) is -0.308. The average molecular weight is 321 g/mol. The quantitative estimate of drug-likeness (QED) is 0.896. The van der Waals surface area contributed by atoms with E-state index in [1.807, 2.05) is 5.32 Å². The Balaban J connectivity index is 2.08. The molecule has 1 unspecified atom stereocenters. The predicted octanol–water partition coefficient (Wildman–Crippen LogP) is 2.76. The van der Waals surface area contributed by atoms with Gasteiger partial charge in [-0.15, -0.1) is 11.3 Å². The second kappa shape index (κ2) is 6.05. The molecule has 0 radical (unpaired) electrons. The van der Waals surface area contributed by atoms with Gasteiger partial charge in [-0.2, -0.15) is 13.2 Å². The summed E-state index contributed by atoms with van der Waals surface area (Å²) >= 11 is 1.23. The van der Waals surface area contributed by atoms with Crippen molar-refractivity contribution < 1.29 is 27.9 Å². The number of rotatable bonds is 4. The maximum Gasteiger partial charge on any atom is 0.391 e. The number of carboxylic acids is 1. The number of fused-ring (bicyclic) bond motifs is 1. The maximum atomic E-state index is 12.3. The molecule has 116 valence electrons. The van der Waals surface area contributed by atoms with Crippen molar-refractivity contribution in [3.05, 3.63) is 21.4 Å². The molecule has 1 amide bonds. The summed E-state index contributed by atoms with van der Waals surface area (Å²) in [5.41, 5.74) is 1.04. The lowest BCUT2D eigenvalue weighted by molar-refractivity contribution is -0.157. The molecule has 21 heavy (non-hydrogen) atoms. The van der Waals surface area contributed by atoms with Crippen LogP contribution in [0.5, 0.6) is 0 Å². The lowest BCUT2D eigenvalue weighted by atomic mass is 9.99. The maximum absolute atomic E-state index is 12.3. The van der Waals surface area contributed by atoms with E-state index >= 15 is 0 Å². The first-order valence-corrected chi connectivity index (χ1v) is 7.30. The summed E-state index contributed by atoms with van der Waals surface area (Å²) in [4.78, 5) is 24.1. The number of amides is 1. The van der Waals surface area contributed by atoms with E-state index in [0.717, 1.165) is 36.1 Å². The van der Waals surface area contributed by atoms with Crippen molar-refractivity contribution in [1.82, 2.24) is 5.32 Å². The number of aryl methyl sites for hydroxylation is 2. The Hall–Kier alpha value is -1.57. The highest BCUT2D eigenvalue weighted by atomic mass is 32.1. The Morgan fingerprint density at radius 3 is 2.57 bits per heavy atom. The van der Waals surface area contributed by atoms with Gasteiger partial charge in [-0.3, -0.25) is 4.79 Å². The van der Waals surface area contributed by atoms with Crippen LogP contribution in [0, 0.1) is 0 Å². The fourth-order valence-electron chi connectivity index (χ4n) is 2.26. The third-order valence-corrected chi connectivity index (χ3v) is 4.50. The van der Waals surface area contributed by atoms with Gasteiger partial charge in [-0.25, -0.2) is 4.79 Å². The minimum atomic E-state index is -4.65. The molecule has 1 aromatic rings. The number of halogens is 3. The number of alkyl halides is 3. The zero-order valence-electron chi connectivity index (χ0n) is 11.0. The Bertz CT molecular complexity index is 530. The first kappa shape index (κ1) is 15.8. The smallest absolute Gasteiger partial charge is 0.391 e. The lowest BCUT2D eigenvalue weighted by Crippen LogP contribution is -2.43. The van der Waals surface area contributed by atoms with Gasteiger partial charge in [0.05, 0.1) is 11.3 Å². The zero-order chi connectivity index (χ0) is 15.6. The van der Waals surface area contributed by atoms with Gasteiger partial charge in [-0.05, 0) is 37.3 Å². The summed E-state index contributed by atoms with van der Waals surface area (Å²) in [7, 11) is 0. The summed E-state index contributed by atoms with van der Waals surface area (Å²) in [5, 5.41) is 10.7. The molecule has 1 aliphatic rings. The topological polar surface area (TPSA) is 66.4 Å². The van der Waals surface area contributed by atoms with Gasteiger partial charge in [0, 0.05) is 4.88 Å². The Labute approximate surface area is 123 Å². The molecule has 0 bridgehead atoms. The van der Waals surface area contributed by atoms with E-state index < -0.39 is 30.5 Å². The molecule has 4 nitrogen and oxygen atoms in total. The summed E-state index contributed by atoms with van der Waals surface area (Å²) in [6.45, 7) is 0. The van der Waals surface area contributed by atoms with E-state index in [-0.39, 0.29) is 4.88 Å². The zero-order valence-corrected chi connectivity index (χ0v) is 11.8. The molecule has 2 N–H and O–H groups in total. The molecule has 2 rings (SSSR count). The van der Waals surface area contributed by atoms with Crippen molar-refractivity contribution in [2.45, 2.75) is 44.3 Å². The van der Waals surface area contributed by atoms with Crippen molar-refractivity contribution in [3.63, 3.8) is 0 Å². The third-order valence-electron chi connectivity index (χ3n) is 3.26. The molecule has 8 heteroatoms. The molecule has 0 fully saturated rings. The fourth-order valence-corrected chi connectivity index (χ4v) is 3.42. The minimum absolute atomic E-state index is 0.273. The van der Waals surface area contributed by atoms with E-state index in [1.54, 1.807) is 6.07 Å². The van der Waals surface area contributed by atoms with Crippen molar-refractivity contribution in [2.75, 3.05) is 0 Å². The van der Waals surface area contributed by atoms with Crippen LogP contribution in [-0.4, -0.2) is 29.2 Å². The van der Waals surface area contributed by atoms with Crippen molar-refractivity contribution >= 4 is 23.2 Å². The molecule has 1 atom stereocenters. The van der Waals surface area contributed by atoms with Gasteiger partial charge in [0.25, 0.3) is 5.91 Å². The van der Waals surface area contributed by atoms with Crippen LogP contribution >= 0.6 is 11.3 Å². The molecule has 1 aromatic heterocycles. The summed E-state index contributed by atoms with van der Waals surface area (Å²) < 4.78 is 36.9. The van der Waals surface area contributed by atoms with Crippen molar-refractivity contribution in [2.24, 2.45) is 0 Å². The number of carbonyl (C=O) groups is 2. The first-order chi connectivity index (χ1) is 9.76. The van der Waals surface area contributed by atoms with E-state index in [4.69, 9.17) is 5.11 Å². The standard InChI is InChI=1S/C13H14F3NO3S/c14-13(15,16)6-8(12(19)20)17-11(18)10-5-7-3-1-2-4-9(7)21-10/h5,8H,1-4,6H2,(H,17,18)(H,19,20). The Kier molecular flexibility index (Phi) is 4.55. The van der Waals surface area contributed by atoms with Gasteiger partial charge in [0.15, 0.2) is 0 Å². The molecule has 0 aromatic carbocycles. The van der Waals surface area contributed by atoms with Gasteiger partial charge < -0.3 is 10.4 Å². The number of carboxylic acid groups (broad SMARTS) is 1. The van der Waals surface area contributed by atoms with E-state index in [0.29, 0.717) is 0 Å². The second-order valence-electron chi connectivity index (χ2n) is 4.95. The van der Waals surface area contributed by atoms with Gasteiger partial charge in [-0.1, -0.05) is 0 Å². The van der Waals surface area contributed by atoms with E-state index in [1.165, 1.54) is 11.3 Å². The van der Waals surface area contributed by atoms with Gasteiger partial charge >= 0.3 is 12.1 Å². The third kappa shape index (κ3) is 4.20. The molecular formula is C13H14F3NO3S. The normalized spacial score (nSPS) is 16.1. The van der Waals surface area contributed by atoms with Crippen LogP contribution in [0.3, 0.4) is 0 Å². The van der Waals surface area contributed by atoms with Crippen LogP contribution in [0.25, 0.3) is 0 Å². The first-order valence-electron chi connectivity index (χ1n) is 6.48. The van der Waals surface area contributed by atoms with Crippen LogP contribution in [0.1, 0.15) is 39.4 Å². The number of carbonyl (C=O) groups excluding carboxylic acids is 1. The number of hydrogen-bond acceptors (Lipinski definition) is 3. The number of aliphatic carboxylic acids is 1. The lowest BCUT2D eigenvalue weighted by Gasteiger charge is -2.15. The largest absolute Gasteiger partial charge is 0.480 e. The van der Waals surface area contributed by atoms with Crippen molar-refractivity contribution in [3.8, 4) is 0 Å². The monoisotopic (exact) mass is 321 g/mol. The average Bonchev–Trinajstić information content (AvgIpc) is 2.80. The fraction of sp³-hybridized carbons (Fsp3) is 0.538. The molecule has 0 spiro atoms. The molecular weight excluding hydrogens is 307 g/mol. The molecule has 0 saturated carbocycles. The van der Waals surface area contributed by atoms with E-state index in [9.17, 15) is 22.8 Å². The summed E-state index contributed by atoms with van der Waals surface area (Å²) in [5.74, 6) is -2.45. The summed E-state index contributed by atoms with van der Waals surface area (Å²) in [6.07, 6.45) is -2.47. The van der Waals surface area contributed by atoms with Crippen LogP contribution < -0.4 is 5.32 Å². The van der Waals surface area contributed by atoms with Crippen LogP contribution in [0.15, 0.2) is 6.07 Å². The predicted molar refractivity (Wildman–Crippen MR) is 70.5 cm³/mol. The molecule has 1 heterocycles. The Morgan fingerprint density at radius 1 is 1.33 bits per heavy atom.